The van der Waals surface area contributed by atoms with Gasteiger partial charge in [0.15, 0.2) is 5.82 Å². The van der Waals surface area contributed by atoms with E-state index >= 15 is 0 Å². The first-order chi connectivity index (χ1) is 7.86. The molecule has 17 heavy (non-hydrogen) atoms. The van der Waals surface area contributed by atoms with Crippen LogP contribution < -0.4 is 10.5 Å². The van der Waals surface area contributed by atoms with Crippen LogP contribution in [0.1, 0.15) is 13.3 Å². The van der Waals surface area contributed by atoms with E-state index in [1.165, 1.54) is 10.9 Å². The summed E-state index contributed by atoms with van der Waals surface area (Å²) in [6, 6.07) is -0.223. The van der Waals surface area contributed by atoms with Gasteiger partial charge in [-0.3, -0.25) is 4.68 Å². The number of hydrogen-bond acceptors (Lipinski definition) is 5. The molecule has 1 atom stereocenters. The van der Waals surface area contributed by atoms with Gasteiger partial charge in [-0.1, -0.05) is 0 Å². The number of nitrogens with one attached hydrogen (secondary N) is 1. The van der Waals surface area contributed by atoms with Gasteiger partial charge in [0.25, 0.3) is 0 Å². The first-order valence-electron chi connectivity index (χ1n) is 5.17. The number of rotatable bonds is 6. The van der Waals surface area contributed by atoms with Crippen molar-refractivity contribution < 1.29 is 13.2 Å². The van der Waals surface area contributed by atoms with Crippen molar-refractivity contribution in [3.8, 4) is 0 Å². The number of aryl methyl sites for hydroxylation is 1. The molecule has 0 aliphatic carbocycles. The van der Waals surface area contributed by atoms with E-state index in [9.17, 15) is 8.42 Å². The van der Waals surface area contributed by atoms with Gasteiger partial charge in [0.05, 0.1) is 0 Å². The van der Waals surface area contributed by atoms with E-state index in [2.05, 4.69) is 9.82 Å². The second kappa shape index (κ2) is 5.48. The first kappa shape index (κ1) is 13.9. The topological polar surface area (TPSA) is 99.2 Å². The highest BCUT2D eigenvalue weighted by Crippen LogP contribution is 2.15. The van der Waals surface area contributed by atoms with Gasteiger partial charge in [0.1, 0.15) is 4.90 Å². The quantitative estimate of drug-likeness (QED) is 0.733. The lowest BCUT2D eigenvalue weighted by molar-refractivity contribution is 0.188. The number of hydrogen-bond donors (Lipinski definition) is 2. The maximum atomic E-state index is 12.0. The number of sulfonamides is 1. The lowest BCUT2D eigenvalue weighted by Crippen LogP contribution is -2.33. The fourth-order valence-electron chi connectivity index (χ4n) is 1.37. The van der Waals surface area contributed by atoms with Crippen LogP contribution in [-0.2, 0) is 21.8 Å². The van der Waals surface area contributed by atoms with Crippen LogP contribution in [0.5, 0.6) is 0 Å². The summed E-state index contributed by atoms with van der Waals surface area (Å²) in [5, 5.41) is 3.80. The monoisotopic (exact) mass is 262 g/mol. The van der Waals surface area contributed by atoms with Crippen LogP contribution in [0, 0.1) is 0 Å². The number of nitrogens with zero attached hydrogens (tertiary/aromatic N) is 2. The molecule has 0 saturated carbocycles. The van der Waals surface area contributed by atoms with E-state index in [4.69, 9.17) is 10.5 Å². The molecular formula is C9H18N4O3S. The summed E-state index contributed by atoms with van der Waals surface area (Å²) in [4.78, 5) is 0.00395. The molecule has 0 radical (unpaired) electrons. The van der Waals surface area contributed by atoms with Crippen LogP contribution in [0.15, 0.2) is 11.1 Å². The van der Waals surface area contributed by atoms with Crippen LogP contribution in [0.3, 0.4) is 0 Å². The van der Waals surface area contributed by atoms with E-state index in [0.29, 0.717) is 13.0 Å². The molecule has 0 aliphatic heterocycles. The molecule has 0 aromatic carbocycles. The minimum atomic E-state index is -3.61. The fraction of sp³-hybridized carbons (Fsp3) is 0.667. The van der Waals surface area contributed by atoms with Gasteiger partial charge in [-0.25, -0.2) is 13.1 Å². The summed E-state index contributed by atoms with van der Waals surface area (Å²) in [5.41, 5.74) is 5.53. The van der Waals surface area contributed by atoms with Crippen molar-refractivity contribution in [3.05, 3.63) is 6.20 Å². The van der Waals surface area contributed by atoms with E-state index in [-0.39, 0.29) is 16.8 Å². The first-order valence-corrected chi connectivity index (χ1v) is 6.65. The number of nitrogen functional groups attached to an aromatic ring is 1. The molecule has 3 N–H and O–H groups in total. The SMILES string of the molecule is COCCC(C)NS(=O)(=O)c1cn(C)nc1N. The molecule has 0 spiro atoms. The zero-order valence-corrected chi connectivity index (χ0v) is 11.0. The van der Waals surface area contributed by atoms with E-state index in [1.54, 1.807) is 21.1 Å². The lowest BCUT2D eigenvalue weighted by Gasteiger charge is -2.12. The average Bonchev–Trinajstić information content (AvgIpc) is 2.55. The van der Waals surface area contributed by atoms with E-state index < -0.39 is 10.0 Å². The molecule has 8 heteroatoms. The third-order valence-electron chi connectivity index (χ3n) is 2.22. The Bertz CT molecular complexity index is 469. The summed E-state index contributed by atoms with van der Waals surface area (Å²) in [7, 11) is -0.429. The Morgan fingerprint density at radius 3 is 2.76 bits per heavy atom. The van der Waals surface area contributed by atoms with Crippen LogP contribution in [0.4, 0.5) is 5.82 Å². The van der Waals surface area contributed by atoms with Crippen molar-refractivity contribution in [1.29, 1.82) is 0 Å². The minimum Gasteiger partial charge on any atom is -0.385 e. The second-order valence-electron chi connectivity index (χ2n) is 3.86. The Morgan fingerprint density at radius 2 is 2.29 bits per heavy atom. The fourth-order valence-corrected chi connectivity index (χ4v) is 2.75. The second-order valence-corrected chi connectivity index (χ2v) is 5.54. The van der Waals surface area contributed by atoms with Crippen molar-refractivity contribution in [2.24, 2.45) is 7.05 Å². The largest absolute Gasteiger partial charge is 0.385 e. The Labute approximate surface area is 101 Å². The standard InChI is InChI=1S/C9H18N4O3S/c1-7(4-5-16-3)12-17(14,15)8-6-13(2)11-9(8)10/h6-7,12H,4-5H2,1-3H3,(H2,10,11). The zero-order valence-electron chi connectivity index (χ0n) is 10.2. The van der Waals surface area contributed by atoms with Gasteiger partial charge in [0, 0.05) is 33.0 Å². The molecule has 1 heterocycles. The number of ether oxygens (including phenoxy) is 1. The molecule has 1 unspecified atom stereocenters. The minimum absolute atomic E-state index is 0.000980. The Morgan fingerprint density at radius 1 is 1.65 bits per heavy atom. The number of aromatic nitrogens is 2. The highest BCUT2D eigenvalue weighted by Gasteiger charge is 2.22. The maximum Gasteiger partial charge on any atom is 0.246 e. The van der Waals surface area contributed by atoms with Gasteiger partial charge in [0.2, 0.25) is 10.0 Å². The van der Waals surface area contributed by atoms with E-state index in [0.717, 1.165) is 0 Å². The van der Waals surface area contributed by atoms with Gasteiger partial charge in [-0.05, 0) is 13.3 Å². The summed E-state index contributed by atoms with van der Waals surface area (Å²) >= 11 is 0. The number of methoxy groups -OCH3 is 1. The number of anilines is 1. The van der Waals surface area contributed by atoms with Crippen LogP contribution in [0.25, 0.3) is 0 Å². The Hall–Kier alpha value is -1.12. The molecule has 0 aliphatic rings. The van der Waals surface area contributed by atoms with Crippen molar-refractivity contribution >= 4 is 15.8 Å². The predicted octanol–water partition coefficient (Wildman–Crippen LogP) is -0.294. The molecule has 0 bridgehead atoms. The van der Waals surface area contributed by atoms with Crippen molar-refractivity contribution in [2.45, 2.75) is 24.3 Å². The Kier molecular flexibility index (Phi) is 4.49. The predicted molar refractivity (Wildman–Crippen MR) is 63.9 cm³/mol. The molecule has 1 rings (SSSR count). The molecule has 7 nitrogen and oxygen atoms in total. The maximum absolute atomic E-state index is 12.0. The molecule has 0 saturated heterocycles. The van der Waals surface area contributed by atoms with Gasteiger partial charge < -0.3 is 10.5 Å². The van der Waals surface area contributed by atoms with E-state index in [1.807, 2.05) is 0 Å². The Balaban J connectivity index is 2.79. The van der Waals surface area contributed by atoms with Gasteiger partial charge >= 0.3 is 0 Å². The molecule has 0 amide bonds. The third kappa shape index (κ3) is 3.69. The molecular weight excluding hydrogens is 244 g/mol. The van der Waals surface area contributed by atoms with Crippen LogP contribution in [-0.4, -0.2) is 38.0 Å². The van der Waals surface area contributed by atoms with Crippen molar-refractivity contribution in [2.75, 3.05) is 19.5 Å². The van der Waals surface area contributed by atoms with Crippen LogP contribution >= 0.6 is 0 Å². The summed E-state index contributed by atoms with van der Waals surface area (Å²) < 4.78 is 32.7. The summed E-state index contributed by atoms with van der Waals surface area (Å²) in [5.74, 6) is -0.000980. The van der Waals surface area contributed by atoms with Crippen molar-refractivity contribution in [1.82, 2.24) is 14.5 Å². The summed E-state index contributed by atoms with van der Waals surface area (Å²) in [6.07, 6.45) is 1.97. The smallest absolute Gasteiger partial charge is 0.246 e. The van der Waals surface area contributed by atoms with Gasteiger partial charge in [-0.2, -0.15) is 5.10 Å². The van der Waals surface area contributed by atoms with Crippen molar-refractivity contribution in [3.63, 3.8) is 0 Å². The lowest BCUT2D eigenvalue weighted by atomic mass is 10.3. The van der Waals surface area contributed by atoms with Crippen LogP contribution in [0.2, 0.25) is 0 Å². The highest BCUT2D eigenvalue weighted by molar-refractivity contribution is 7.89. The molecule has 98 valence electrons. The third-order valence-corrected chi connectivity index (χ3v) is 3.83. The molecule has 0 fully saturated rings. The summed E-state index contributed by atoms with van der Waals surface area (Å²) in [6.45, 7) is 2.26. The normalized spacial score (nSPS) is 13.8. The number of nitrogens with two attached hydrogens (primary N) is 1. The molecule has 1 aromatic heterocycles. The van der Waals surface area contributed by atoms with Gasteiger partial charge in [-0.15, -0.1) is 0 Å². The zero-order chi connectivity index (χ0) is 13.1. The average molecular weight is 262 g/mol. The highest BCUT2D eigenvalue weighted by atomic mass is 32.2. The molecule has 1 aromatic rings.